The molecule has 0 heterocycles. The van der Waals surface area contributed by atoms with Crippen molar-refractivity contribution in [2.75, 3.05) is 18.4 Å². The van der Waals surface area contributed by atoms with E-state index < -0.39 is 33.8 Å². The van der Waals surface area contributed by atoms with Crippen LogP contribution in [-0.4, -0.2) is 43.8 Å². The summed E-state index contributed by atoms with van der Waals surface area (Å²) in [6.07, 6.45) is -1.22. The second kappa shape index (κ2) is 9.62. The van der Waals surface area contributed by atoms with Crippen molar-refractivity contribution in [2.45, 2.75) is 31.8 Å². The van der Waals surface area contributed by atoms with Gasteiger partial charge in [0, 0.05) is 13.1 Å². The van der Waals surface area contributed by atoms with E-state index in [-0.39, 0.29) is 16.1 Å². The normalized spacial score (nSPS) is 12.4. The van der Waals surface area contributed by atoms with Crippen molar-refractivity contribution in [1.82, 2.24) is 4.31 Å². The molecule has 7 nitrogen and oxygen atoms in total. The Bertz CT molecular complexity index is 990. The van der Waals surface area contributed by atoms with Gasteiger partial charge in [0.2, 0.25) is 10.0 Å². The quantitative estimate of drug-likeness (QED) is 0.660. The molecule has 0 aliphatic rings. The number of rotatable bonds is 8. The third-order valence-electron chi connectivity index (χ3n) is 4.20. The Morgan fingerprint density at radius 1 is 1.10 bits per heavy atom. The molecule has 0 radical (unpaired) electrons. The first-order valence-electron chi connectivity index (χ1n) is 9.07. The molecule has 9 heteroatoms. The second-order valence-corrected chi connectivity index (χ2v) is 8.07. The molecular weight excluding hydrogens is 399 g/mol. The fourth-order valence-corrected chi connectivity index (χ4v) is 4.08. The molecule has 2 rings (SSSR count). The molecule has 0 aliphatic heterocycles. The highest BCUT2D eigenvalue weighted by Crippen LogP contribution is 2.18. The second-order valence-electron chi connectivity index (χ2n) is 6.13. The van der Waals surface area contributed by atoms with Crippen molar-refractivity contribution in [3.05, 3.63) is 59.9 Å². The molecular formula is C20H23FN2O5S. The fourth-order valence-electron chi connectivity index (χ4n) is 2.58. The first kappa shape index (κ1) is 22.5. The third kappa shape index (κ3) is 5.39. The highest BCUT2D eigenvalue weighted by molar-refractivity contribution is 7.89. The zero-order chi connectivity index (χ0) is 21.6. The van der Waals surface area contributed by atoms with E-state index in [4.69, 9.17) is 4.74 Å². The lowest BCUT2D eigenvalue weighted by Gasteiger charge is -2.19. The number of esters is 1. The molecule has 1 N–H and O–H groups in total. The molecule has 0 aliphatic carbocycles. The van der Waals surface area contributed by atoms with Gasteiger partial charge in [-0.1, -0.05) is 32.0 Å². The summed E-state index contributed by atoms with van der Waals surface area (Å²) in [5.74, 6) is -2.19. The van der Waals surface area contributed by atoms with Crippen molar-refractivity contribution < 1.29 is 27.1 Å². The molecule has 29 heavy (non-hydrogen) atoms. The van der Waals surface area contributed by atoms with Crippen LogP contribution in [-0.2, 0) is 19.6 Å². The zero-order valence-electron chi connectivity index (χ0n) is 16.4. The summed E-state index contributed by atoms with van der Waals surface area (Å²) < 4.78 is 45.2. The van der Waals surface area contributed by atoms with Gasteiger partial charge < -0.3 is 10.1 Å². The van der Waals surface area contributed by atoms with Crippen molar-refractivity contribution in [1.29, 1.82) is 0 Å². The minimum Gasteiger partial charge on any atom is -0.449 e. The molecule has 0 saturated carbocycles. The van der Waals surface area contributed by atoms with E-state index in [2.05, 4.69) is 5.32 Å². The maximum atomic E-state index is 13.6. The molecule has 0 fully saturated rings. The fraction of sp³-hybridized carbons (Fsp3) is 0.300. The summed E-state index contributed by atoms with van der Waals surface area (Å²) in [6.45, 7) is 5.36. The topological polar surface area (TPSA) is 92.8 Å². The Balaban J connectivity index is 2.13. The van der Waals surface area contributed by atoms with E-state index in [0.29, 0.717) is 13.1 Å². The number of ether oxygens (including phenoxy) is 1. The number of carbonyl (C=O) groups is 2. The molecule has 156 valence electrons. The summed E-state index contributed by atoms with van der Waals surface area (Å²) in [5.41, 5.74) is -0.0449. The van der Waals surface area contributed by atoms with Crippen LogP contribution < -0.4 is 5.32 Å². The van der Waals surface area contributed by atoms with E-state index >= 15 is 0 Å². The molecule has 1 atom stereocenters. The Kier molecular flexibility index (Phi) is 7.46. The molecule has 1 amide bonds. The van der Waals surface area contributed by atoms with Crippen LogP contribution in [0.5, 0.6) is 0 Å². The predicted molar refractivity (Wildman–Crippen MR) is 106 cm³/mol. The average molecular weight is 422 g/mol. The summed E-state index contributed by atoms with van der Waals surface area (Å²) in [4.78, 5) is 24.5. The SMILES string of the molecule is CCN(CC)S(=O)(=O)c1cccc(C(=O)O[C@H](C)C(=O)Nc2ccccc2F)c1. The molecule has 0 spiro atoms. The van der Waals surface area contributed by atoms with Crippen molar-refractivity contribution in [2.24, 2.45) is 0 Å². The van der Waals surface area contributed by atoms with Gasteiger partial charge >= 0.3 is 5.97 Å². The number of halogens is 1. The standard InChI is InChI=1S/C20H23FN2O5S/c1-4-23(5-2)29(26,27)16-10-8-9-15(13-16)20(25)28-14(3)19(24)22-18-12-7-6-11-17(18)21/h6-14H,4-5H2,1-3H3,(H,22,24)/t14-/m1/s1. The Morgan fingerprint density at radius 2 is 1.76 bits per heavy atom. The molecule has 0 saturated heterocycles. The van der Waals surface area contributed by atoms with Crippen LogP contribution in [0.15, 0.2) is 53.4 Å². The van der Waals surface area contributed by atoms with Gasteiger partial charge in [0.25, 0.3) is 5.91 Å². The molecule has 0 bridgehead atoms. The lowest BCUT2D eigenvalue weighted by molar-refractivity contribution is -0.123. The van der Waals surface area contributed by atoms with Gasteiger partial charge in [-0.25, -0.2) is 17.6 Å². The Morgan fingerprint density at radius 3 is 2.38 bits per heavy atom. The van der Waals surface area contributed by atoms with Crippen molar-refractivity contribution in [3.8, 4) is 0 Å². The minimum atomic E-state index is -3.74. The van der Waals surface area contributed by atoms with E-state index in [1.54, 1.807) is 19.9 Å². The van der Waals surface area contributed by atoms with Crippen LogP contribution in [0, 0.1) is 5.82 Å². The lowest BCUT2D eigenvalue weighted by Crippen LogP contribution is -2.31. The summed E-state index contributed by atoms with van der Waals surface area (Å²) >= 11 is 0. The van der Waals surface area contributed by atoms with E-state index in [9.17, 15) is 22.4 Å². The number of hydrogen-bond donors (Lipinski definition) is 1. The van der Waals surface area contributed by atoms with Crippen LogP contribution in [0.25, 0.3) is 0 Å². The minimum absolute atomic E-state index is 0.0104. The number of carbonyl (C=O) groups excluding carboxylic acids is 2. The first-order valence-corrected chi connectivity index (χ1v) is 10.5. The maximum absolute atomic E-state index is 13.6. The van der Waals surface area contributed by atoms with Gasteiger partial charge in [-0.3, -0.25) is 4.79 Å². The number of amides is 1. The average Bonchev–Trinajstić information content (AvgIpc) is 2.70. The third-order valence-corrected chi connectivity index (χ3v) is 6.24. The molecule has 2 aromatic rings. The van der Waals surface area contributed by atoms with Crippen LogP contribution >= 0.6 is 0 Å². The van der Waals surface area contributed by atoms with Crippen LogP contribution in [0.3, 0.4) is 0 Å². The zero-order valence-corrected chi connectivity index (χ0v) is 17.2. The van der Waals surface area contributed by atoms with Gasteiger partial charge in [0.1, 0.15) is 5.82 Å². The number of sulfonamides is 1. The summed E-state index contributed by atoms with van der Waals surface area (Å²) in [6, 6.07) is 11.0. The van der Waals surface area contributed by atoms with Crippen LogP contribution in [0.1, 0.15) is 31.1 Å². The van der Waals surface area contributed by atoms with Crippen LogP contribution in [0.2, 0.25) is 0 Å². The number of hydrogen-bond acceptors (Lipinski definition) is 5. The van der Waals surface area contributed by atoms with E-state index in [1.807, 2.05) is 0 Å². The van der Waals surface area contributed by atoms with Crippen molar-refractivity contribution in [3.63, 3.8) is 0 Å². The van der Waals surface area contributed by atoms with Crippen molar-refractivity contribution >= 4 is 27.6 Å². The van der Waals surface area contributed by atoms with Gasteiger partial charge in [-0.15, -0.1) is 0 Å². The van der Waals surface area contributed by atoms with Gasteiger partial charge in [-0.05, 0) is 37.3 Å². The van der Waals surface area contributed by atoms with Gasteiger partial charge in [0.05, 0.1) is 16.1 Å². The maximum Gasteiger partial charge on any atom is 0.338 e. The number of nitrogens with zero attached hydrogens (tertiary/aromatic N) is 1. The van der Waals surface area contributed by atoms with E-state index in [1.165, 1.54) is 53.7 Å². The molecule has 0 aromatic heterocycles. The summed E-state index contributed by atoms with van der Waals surface area (Å²) in [5, 5.41) is 2.34. The smallest absolute Gasteiger partial charge is 0.338 e. The largest absolute Gasteiger partial charge is 0.449 e. The van der Waals surface area contributed by atoms with Gasteiger partial charge in [-0.2, -0.15) is 4.31 Å². The first-order chi connectivity index (χ1) is 13.7. The molecule has 2 aromatic carbocycles. The number of benzene rings is 2. The Labute approximate surface area is 169 Å². The lowest BCUT2D eigenvalue weighted by atomic mass is 10.2. The number of anilines is 1. The van der Waals surface area contributed by atoms with Crippen LogP contribution in [0.4, 0.5) is 10.1 Å². The molecule has 0 unspecified atom stereocenters. The van der Waals surface area contributed by atoms with Gasteiger partial charge in [0.15, 0.2) is 6.10 Å². The predicted octanol–water partition coefficient (Wildman–Crippen LogP) is 3.04. The monoisotopic (exact) mass is 422 g/mol. The summed E-state index contributed by atoms with van der Waals surface area (Å²) in [7, 11) is -3.74. The number of para-hydroxylation sites is 1. The highest BCUT2D eigenvalue weighted by Gasteiger charge is 2.24. The van der Waals surface area contributed by atoms with E-state index in [0.717, 1.165) is 0 Å². The Hall–Kier alpha value is -2.78. The highest BCUT2D eigenvalue weighted by atomic mass is 32.2. The number of nitrogens with one attached hydrogen (secondary N) is 1.